The Labute approximate surface area is 175 Å². The van der Waals surface area contributed by atoms with Crippen LogP contribution in [0.5, 0.6) is 0 Å². The average Bonchev–Trinajstić information content (AvgIpc) is 3.04. The van der Waals surface area contributed by atoms with Crippen LogP contribution in [0.25, 0.3) is 6.08 Å². The van der Waals surface area contributed by atoms with Gasteiger partial charge in [-0.2, -0.15) is 10.5 Å². The molecule has 2 aliphatic rings. The molecule has 2 heterocycles. The zero-order chi connectivity index (χ0) is 21.7. The van der Waals surface area contributed by atoms with E-state index in [1.165, 1.54) is 12.1 Å². The van der Waals surface area contributed by atoms with Crippen molar-refractivity contribution in [1.29, 1.82) is 10.5 Å². The van der Waals surface area contributed by atoms with E-state index in [2.05, 4.69) is 12.1 Å². The summed E-state index contributed by atoms with van der Waals surface area (Å²) in [7, 11) is 0. The molecule has 30 heavy (non-hydrogen) atoms. The highest BCUT2D eigenvalue weighted by atomic mass is 19.1. The van der Waals surface area contributed by atoms with Crippen molar-refractivity contribution >= 4 is 17.5 Å². The van der Waals surface area contributed by atoms with Crippen LogP contribution in [-0.2, 0) is 4.79 Å². The van der Waals surface area contributed by atoms with Crippen LogP contribution in [0.15, 0.2) is 54.6 Å². The smallest absolute Gasteiger partial charge is 0.176 e. The SMILES string of the molecule is CC(C)(C)C(=O)[C@@H]1[C@@H](c2ccc(F)cc2)C(C#N)(C#N)[C@H]2C=Cc3ccccc3N12. The highest BCUT2D eigenvalue weighted by Gasteiger charge is 2.64. The molecule has 0 amide bonds. The molecular formula is C25H22FN3O. The molecule has 1 fully saturated rings. The summed E-state index contributed by atoms with van der Waals surface area (Å²) in [5.41, 5.74) is 0.192. The molecule has 0 radical (unpaired) electrons. The standard InChI is InChI=1S/C25H22FN3O/c1-24(2,3)23(30)22-21(17-8-11-18(26)12-9-17)25(14-27,15-28)20-13-10-16-6-4-5-7-19(16)29(20)22/h4-13,20-22H,1-3H3/t20-,21-,22+/m1/s1. The highest BCUT2D eigenvalue weighted by Crippen LogP contribution is 2.56. The van der Waals surface area contributed by atoms with Crippen molar-refractivity contribution in [2.75, 3.05) is 4.90 Å². The van der Waals surface area contributed by atoms with Crippen molar-refractivity contribution < 1.29 is 9.18 Å². The summed E-state index contributed by atoms with van der Waals surface area (Å²) in [5.74, 6) is -1.18. The van der Waals surface area contributed by atoms with Crippen LogP contribution in [0.1, 0.15) is 37.8 Å². The van der Waals surface area contributed by atoms with Gasteiger partial charge in [0.25, 0.3) is 0 Å². The molecule has 4 nitrogen and oxygen atoms in total. The van der Waals surface area contributed by atoms with Gasteiger partial charge in [-0.05, 0) is 29.3 Å². The van der Waals surface area contributed by atoms with Gasteiger partial charge < -0.3 is 4.90 Å². The molecular weight excluding hydrogens is 377 g/mol. The largest absolute Gasteiger partial charge is 0.351 e. The molecule has 2 aromatic carbocycles. The molecule has 3 atom stereocenters. The van der Waals surface area contributed by atoms with Crippen molar-refractivity contribution in [3.05, 3.63) is 71.6 Å². The fourth-order valence-corrected chi connectivity index (χ4v) is 4.72. The second-order valence-corrected chi connectivity index (χ2v) is 8.95. The number of benzene rings is 2. The summed E-state index contributed by atoms with van der Waals surface area (Å²) >= 11 is 0. The van der Waals surface area contributed by atoms with Crippen molar-refractivity contribution in [1.82, 2.24) is 0 Å². The van der Waals surface area contributed by atoms with E-state index in [0.29, 0.717) is 5.56 Å². The second kappa shape index (κ2) is 6.82. The lowest BCUT2D eigenvalue weighted by atomic mass is 9.68. The van der Waals surface area contributed by atoms with Crippen molar-refractivity contribution in [3.8, 4) is 12.1 Å². The Kier molecular flexibility index (Phi) is 4.51. The number of nitrogens with zero attached hydrogens (tertiary/aromatic N) is 3. The number of ketones is 1. The Bertz CT molecular complexity index is 1100. The van der Waals surface area contributed by atoms with E-state index in [1.807, 2.05) is 62.1 Å². The van der Waals surface area contributed by atoms with E-state index < -0.39 is 34.6 Å². The number of hydrogen-bond acceptors (Lipinski definition) is 4. The minimum Gasteiger partial charge on any atom is -0.351 e. The molecule has 2 aliphatic heterocycles. The predicted molar refractivity (Wildman–Crippen MR) is 113 cm³/mol. The average molecular weight is 399 g/mol. The Balaban J connectivity index is 2.02. The van der Waals surface area contributed by atoms with E-state index in [-0.39, 0.29) is 5.78 Å². The first-order valence-corrected chi connectivity index (χ1v) is 9.92. The Morgan fingerprint density at radius 3 is 2.30 bits per heavy atom. The van der Waals surface area contributed by atoms with Crippen LogP contribution in [0, 0.1) is 39.3 Å². The van der Waals surface area contributed by atoms with Gasteiger partial charge in [0.1, 0.15) is 5.82 Å². The van der Waals surface area contributed by atoms with E-state index in [0.717, 1.165) is 11.3 Å². The minimum absolute atomic E-state index is 0.0562. The fraction of sp³-hybridized carbons (Fsp3) is 0.320. The van der Waals surface area contributed by atoms with Crippen molar-refractivity contribution in [2.24, 2.45) is 10.8 Å². The van der Waals surface area contributed by atoms with Gasteiger partial charge in [0.15, 0.2) is 11.2 Å². The number of hydrogen-bond donors (Lipinski definition) is 0. The van der Waals surface area contributed by atoms with Gasteiger partial charge in [0.2, 0.25) is 0 Å². The molecule has 0 saturated carbocycles. The zero-order valence-corrected chi connectivity index (χ0v) is 17.1. The molecule has 0 bridgehead atoms. The van der Waals surface area contributed by atoms with Gasteiger partial charge in [-0.15, -0.1) is 0 Å². The molecule has 150 valence electrons. The first-order valence-electron chi connectivity index (χ1n) is 9.92. The van der Waals surface area contributed by atoms with Gasteiger partial charge >= 0.3 is 0 Å². The van der Waals surface area contributed by atoms with E-state index in [9.17, 15) is 19.7 Å². The maximum atomic E-state index is 13.7. The van der Waals surface area contributed by atoms with Crippen LogP contribution in [0.4, 0.5) is 10.1 Å². The van der Waals surface area contributed by atoms with Gasteiger partial charge in [0.05, 0.1) is 24.2 Å². The Hall–Kier alpha value is -3.44. The maximum absolute atomic E-state index is 13.7. The number of halogens is 1. The molecule has 0 aromatic heterocycles. The summed E-state index contributed by atoms with van der Waals surface area (Å²) < 4.78 is 13.6. The lowest BCUT2D eigenvalue weighted by Gasteiger charge is -2.37. The van der Waals surface area contributed by atoms with E-state index in [1.54, 1.807) is 12.1 Å². The Morgan fingerprint density at radius 2 is 1.70 bits per heavy atom. The first-order chi connectivity index (χ1) is 14.2. The van der Waals surface area contributed by atoms with Crippen molar-refractivity contribution in [2.45, 2.75) is 38.8 Å². The molecule has 4 rings (SSSR count). The van der Waals surface area contributed by atoms with Gasteiger partial charge in [0, 0.05) is 17.0 Å². The number of carbonyl (C=O) groups is 1. The summed E-state index contributed by atoms with van der Waals surface area (Å²) in [6, 6.07) is 16.7. The van der Waals surface area contributed by atoms with Crippen LogP contribution >= 0.6 is 0 Å². The number of para-hydroxylation sites is 1. The number of fused-ring (bicyclic) bond motifs is 3. The predicted octanol–water partition coefficient (Wildman–Crippen LogP) is 4.84. The normalized spacial score (nSPS) is 23.8. The third kappa shape index (κ3) is 2.74. The van der Waals surface area contributed by atoms with Crippen LogP contribution in [0.3, 0.4) is 0 Å². The molecule has 5 heteroatoms. The fourth-order valence-electron chi connectivity index (χ4n) is 4.72. The minimum atomic E-state index is -1.49. The first kappa shape index (κ1) is 19.9. The summed E-state index contributed by atoms with van der Waals surface area (Å²) in [5, 5.41) is 20.5. The van der Waals surface area contributed by atoms with Gasteiger partial charge in [-0.1, -0.05) is 63.3 Å². The summed E-state index contributed by atoms with van der Waals surface area (Å²) in [6.07, 6.45) is 3.76. The topological polar surface area (TPSA) is 67.9 Å². The van der Waals surface area contributed by atoms with Crippen LogP contribution in [-0.4, -0.2) is 17.9 Å². The van der Waals surface area contributed by atoms with Gasteiger partial charge in [-0.3, -0.25) is 4.79 Å². The quantitative estimate of drug-likeness (QED) is 0.724. The molecule has 2 aromatic rings. The monoisotopic (exact) mass is 399 g/mol. The molecule has 0 spiro atoms. The maximum Gasteiger partial charge on any atom is 0.176 e. The molecule has 1 saturated heterocycles. The summed E-state index contributed by atoms with van der Waals surface area (Å²) in [6.45, 7) is 5.53. The number of nitriles is 2. The lowest BCUT2D eigenvalue weighted by Crippen LogP contribution is -2.47. The Morgan fingerprint density at radius 1 is 1.07 bits per heavy atom. The van der Waals surface area contributed by atoms with E-state index in [4.69, 9.17) is 0 Å². The van der Waals surface area contributed by atoms with Crippen LogP contribution < -0.4 is 4.90 Å². The highest BCUT2D eigenvalue weighted by molar-refractivity contribution is 5.96. The number of carbonyl (C=O) groups excluding carboxylic acids is 1. The third-order valence-corrected chi connectivity index (χ3v) is 6.15. The molecule has 0 N–H and O–H groups in total. The second-order valence-electron chi connectivity index (χ2n) is 8.95. The number of Topliss-reactive ketones (excluding diaryl/α,β-unsaturated/α-hetero) is 1. The van der Waals surface area contributed by atoms with E-state index >= 15 is 0 Å². The zero-order valence-electron chi connectivity index (χ0n) is 17.1. The number of anilines is 1. The molecule has 0 unspecified atom stereocenters. The van der Waals surface area contributed by atoms with Gasteiger partial charge in [-0.25, -0.2) is 4.39 Å². The lowest BCUT2D eigenvalue weighted by molar-refractivity contribution is -0.127. The van der Waals surface area contributed by atoms with Crippen molar-refractivity contribution in [3.63, 3.8) is 0 Å². The van der Waals surface area contributed by atoms with Crippen LogP contribution in [0.2, 0.25) is 0 Å². The number of rotatable bonds is 2. The summed E-state index contributed by atoms with van der Waals surface area (Å²) in [4.78, 5) is 15.7. The third-order valence-electron chi connectivity index (χ3n) is 6.15. The molecule has 0 aliphatic carbocycles.